The predicted molar refractivity (Wildman–Crippen MR) is 104 cm³/mol. The molecule has 0 bridgehead atoms. The van der Waals surface area contributed by atoms with E-state index >= 15 is 0 Å². The summed E-state index contributed by atoms with van der Waals surface area (Å²) < 4.78 is 28.0. The number of anilines is 2. The number of hydrogen-bond donors (Lipinski definition) is 1. The molecule has 0 saturated carbocycles. The van der Waals surface area contributed by atoms with Crippen LogP contribution < -0.4 is 9.62 Å². The van der Waals surface area contributed by atoms with E-state index in [0.29, 0.717) is 12.2 Å². The van der Waals surface area contributed by atoms with E-state index in [1.807, 2.05) is 31.2 Å². The highest BCUT2D eigenvalue weighted by Crippen LogP contribution is 2.39. The standard InChI is InChI=1S/C19H20N2O3S2/c1-2-17-19(22)20-15-12-14(9-10-18(15)25-17)26(23,24)21-11-5-7-13-6-3-4-8-16(13)21/h3-4,6,8-10,12,17H,2,5,7,11H2,1H3,(H,20,22)/t17-/m0/s1. The van der Waals surface area contributed by atoms with Crippen LogP contribution in [-0.4, -0.2) is 26.1 Å². The van der Waals surface area contributed by atoms with Gasteiger partial charge in [-0.15, -0.1) is 11.8 Å². The average Bonchev–Trinajstić information content (AvgIpc) is 2.66. The maximum atomic E-state index is 13.2. The van der Waals surface area contributed by atoms with E-state index in [-0.39, 0.29) is 16.1 Å². The zero-order valence-corrected chi connectivity index (χ0v) is 16.1. The molecule has 136 valence electrons. The smallest absolute Gasteiger partial charge is 0.264 e. The SMILES string of the molecule is CC[C@@H]1Sc2ccc(S(=O)(=O)N3CCCc4ccccc43)cc2NC1=O. The van der Waals surface area contributed by atoms with Gasteiger partial charge in [-0.25, -0.2) is 8.42 Å². The monoisotopic (exact) mass is 388 g/mol. The Morgan fingerprint density at radius 1 is 1.23 bits per heavy atom. The molecule has 26 heavy (non-hydrogen) atoms. The summed E-state index contributed by atoms with van der Waals surface area (Å²) >= 11 is 1.49. The molecular weight excluding hydrogens is 368 g/mol. The van der Waals surface area contributed by atoms with Crippen LogP contribution in [0.25, 0.3) is 0 Å². The van der Waals surface area contributed by atoms with Crippen molar-refractivity contribution in [1.29, 1.82) is 0 Å². The van der Waals surface area contributed by atoms with Gasteiger partial charge in [0.25, 0.3) is 10.0 Å². The Labute approximate surface area is 157 Å². The predicted octanol–water partition coefficient (Wildman–Crippen LogP) is 3.65. The Morgan fingerprint density at radius 3 is 2.85 bits per heavy atom. The molecule has 2 heterocycles. The summed E-state index contributed by atoms with van der Waals surface area (Å²) in [5.74, 6) is -0.0668. The Bertz CT molecular complexity index is 972. The van der Waals surface area contributed by atoms with Crippen LogP contribution in [0.4, 0.5) is 11.4 Å². The summed E-state index contributed by atoms with van der Waals surface area (Å²) in [5.41, 5.74) is 2.38. The van der Waals surface area contributed by atoms with Gasteiger partial charge in [-0.1, -0.05) is 25.1 Å². The van der Waals surface area contributed by atoms with Crippen molar-refractivity contribution in [3.8, 4) is 0 Å². The summed E-state index contributed by atoms with van der Waals surface area (Å²) in [6.45, 7) is 2.43. The van der Waals surface area contributed by atoms with Gasteiger partial charge in [-0.05, 0) is 49.1 Å². The Hall–Kier alpha value is -1.99. The number of carbonyl (C=O) groups is 1. The third-order valence-corrected chi connectivity index (χ3v) is 8.05. The Kier molecular flexibility index (Phi) is 4.44. The van der Waals surface area contributed by atoms with Gasteiger partial charge in [0.15, 0.2) is 0 Å². The topological polar surface area (TPSA) is 66.5 Å². The molecule has 2 aliphatic heterocycles. The number of hydrogen-bond acceptors (Lipinski definition) is 4. The number of aryl methyl sites for hydroxylation is 1. The molecule has 2 aliphatic rings. The fourth-order valence-corrected chi connectivity index (χ4v) is 6.03. The zero-order valence-electron chi connectivity index (χ0n) is 14.4. The van der Waals surface area contributed by atoms with Gasteiger partial charge in [-0.2, -0.15) is 0 Å². The van der Waals surface area contributed by atoms with E-state index in [1.54, 1.807) is 18.2 Å². The van der Waals surface area contributed by atoms with Crippen LogP contribution in [0.3, 0.4) is 0 Å². The summed E-state index contributed by atoms with van der Waals surface area (Å²) in [6.07, 6.45) is 2.42. The molecule has 0 fully saturated rings. The first-order valence-corrected chi connectivity index (χ1v) is 11.0. The third kappa shape index (κ3) is 2.89. The molecule has 0 unspecified atom stereocenters. The van der Waals surface area contributed by atoms with Crippen molar-refractivity contribution in [2.45, 2.75) is 41.2 Å². The number of nitrogens with one attached hydrogen (secondary N) is 1. The number of nitrogens with zero attached hydrogens (tertiary/aromatic N) is 1. The second kappa shape index (κ2) is 6.63. The van der Waals surface area contributed by atoms with Crippen molar-refractivity contribution in [2.24, 2.45) is 0 Å². The molecule has 0 aliphatic carbocycles. The molecule has 4 rings (SSSR count). The normalized spacial score (nSPS) is 19.5. The van der Waals surface area contributed by atoms with E-state index in [4.69, 9.17) is 0 Å². The molecule has 0 saturated heterocycles. The first-order valence-electron chi connectivity index (χ1n) is 8.73. The molecule has 2 aromatic rings. The summed E-state index contributed by atoms with van der Waals surface area (Å²) in [4.78, 5) is 13.2. The molecule has 2 aromatic carbocycles. The largest absolute Gasteiger partial charge is 0.324 e. The van der Waals surface area contributed by atoms with Gasteiger partial charge < -0.3 is 5.32 Å². The van der Waals surface area contributed by atoms with E-state index in [0.717, 1.165) is 35.4 Å². The molecule has 7 heteroatoms. The zero-order chi connectivity index (χ0) is 18.3. The number of thioether (sulfide) groups is 1. The number of rotatable bonds is 3. The number of amides is 1. The summed E-state index contributed by atoms with van der Waals surface area (Å²) in [7, 11) is -3.67. The summed E-state index contributed by atoms with van der Waals surface area (Å²) in [5, 5.41) is 2.73. The number of benzene rings is 2. The van der Waals surface area contributed by atoms with Gasteiger partial charge in [0.2, 0.25) is 5.91 Å². The minimum absolute atomic E-state index is 0.0668. The van der Waals surface area contributed by atoms with Crippen LogP contribution in [-0.2, 0) is 21.2 Å². The van der Waals surface area contributed by atoms with E-state index in [9.17, 15) is 13.2 Å². The van der Waals surface area contributed by atoms with Gasteiger partial charge >= 0.3 is 0 Å². The quantitative estimate of drug-likeness (QED) is 0.872. The number of para-hydroxylation sites is 1. The lowest BCUT2D eigenvalue weighted by Gasteiger charge is -2.31. The maximum absolute atomic E-state index is 13.2. The minimum atomic E-state index is -3.67. The molecule has 1 N–H and O–H groups in total. The van der Waals surface area contributed by atoms with Crippen molar-refractivity contribution in [3.05, 3.63) is 48.0 Å². The second-order valence-corrected chi connectivity index (χ2v) is 9.58. The number of fused-ring (bicyclic) bond motifs is 2. The molecule has 0 radical (unpaired) electrons. The molecule has 1 amide bonds. The minimum Gasteiger partial charge on any atom is -0.324 e. The highest BCUT2D eigenvalue weighted by molar-refractivity contribution is 8.01. The number of carbonyl (C=O) groups excluding carboxylic acids is 1. The van der Waals surface area contributed by atoms with Gasteiger partial charge in [0.05, 0.1) is 21.5 Å². The number of sulfonamides is 1. The average molecular weight is 389 g/mol. The van der Waals surface area contributed by atoms with Gasteiger partial charge in [-0.3, -0.25) is 9.10 Å². The van der Waals surface area contributed by atoms with Crippen molar-refractivity contribution in [2.75, 3.05) is 16.2 Å². The van der Waals surface area contributed by atoms with Crippen molar-refractivity contribution < 1.29 is 13.2 Å². The fourth-order valence-electron chi connectivity index (χ4n) is 3.43. The highest BCUT2D eigenvalue weighted by Gasteiger charge is 2.31. The van der Waals surface area contributed by atoms with Crippen LogP contribution in [0.1, 0.15) is 25.3 Å². The van der Waals surface area contributed by atoms with E-state index in [2.05, 4.69) is 5.32 Å². The second-order valence-electron chi connectivity index (χ2n) is 6.47. The van der Waals surface area contributed by atoms with Crippen LogP contribution in [0, 0.1) is 0 Å². The van der Waals surface area contributed by atoms with Crippen LogP contribution in [0.2, 0.25) is 0 Å². The van der Waals surface area contributed by atoms with Crippen LogP contribution in [0.15, 0.2) is 52.3 Å². The highest BCUT2D eigenvalue weighted by atomic mass is 32.2. The van der Waals surface area contributed by atoms with Crippen molar-refractivity contribution in [3.63, 3.8) is 0 Å². The van der Waals surface area contributed by atoms with Gasteiger partial charge in [0.1, 0.15) is 0 Å². The van der Waals surface area contributed by atoms with E-state index in [1.165, 1.54) is 16.1 Å². The lowest BCUT2D eigenvalue weighted by molar-refractivity contribution is -0.115. The molecule has 5 nitrogen and oxygen atoms in total. The Balaban J connectivity index is 1.72. The summed E-state index contributed by atoms with van der Waals surface area (Å²) in [6, 6.07) is 12.7. The van der Waals surface area contributed by atoms with Gasteiger partial charge in [0, 0.05) is 11.4 Å². The first kappa shape index (κ1) is 17.4. The molecular formula is C19H20N2O3S2. The molecule has 1 atom stereocenters. The lowest BCUT2D eigenvalue weighted by Crippen LogP contribution is -2.35. The maximum Gasteiger partial charge on any atom is 0.264 e. The van der Waals surface area contributed by atoms with Crippen LogP contribution in [0.5, 0.6) is 0 Å². The van der Waals surface area contributed by atoms with Crippen LogP contribution >= 0.6 is 11.8 Å². The Morgan fingerprint density at radius 2 is 2.04 bits per heavy atom. The van der Waals surface area contributed by atoms with E-state index < -0.39 is 10.0 Å². The van der Waals surface area contributed by atoms with Crippen molar-refractivity contribution in [1.82, 2.24) is 0 Å². The first-order chi connectivity index (χ1) is 12.5. The van der Waals surface area contributed by atoms with Crippen molar-refractivity contribution >= 4 is 39.1 Å². The molecule has 0 spiro atoms. The lowest BCUT2D eigenvalue weighted by atomic mass is 10.0. The molecule has 0 aromatic heterocycles. The fraction of sp³-hybridized carbons (Fsp3) is 0.316. The third-order valence-electron chi connectivity index (χ3n) is 4.80.